The molecule has 7 nitrogen and oxygen atoms in total. The van der Waals surface area contributed by atoms with Crippen LogP contribution >= 0.6 is 0 Å². The number of benzene rings is 2. The Labute approximate surface area is 163 Å². The highest BCUT2D eigenvalue weighted by Gasteiger charge is 2.28. The number of hydrogen-bond acceptors (Lipinski definition) is 4. The van der Waals surface area contributed by atoms with Gasteiger partial charge in [-0.1, -0.05) is 18.2 Å². The van der Waals surface area contributed by atoms with E-state index in [-0.39, 0.29) is 17.9 Å². The largest absolute Gasteiger partial charge is 0.486 e. The summed E-state index contributed by atoms with van der Waals surface area (Å²) in [6, 6.07) is 14.5. The summed E-state index contributed by atoms with van der Waals surface area (Å²) in [6.07, 6.45) is 1.55. The Morgan fingerprint density at radius 2 is 1.71 bits per heavy atom. The molecule has 1 saturated heterocycles. The average molecular weight is 381 g/mol. The highest BCUT2D eigenvalue weighted by molar-refractivity contribution is 5.94. The number of carbonyl (C=O) groups is 2. The minimum Gasteiger partial charge on any atom is -0.486 e. The molecule has 0 bridgehead atoms. The molecule has 0 spiro atoms. The van der Waals surface area contributed by atoms with Gasteiger partial charge in [-0.3, -0.25) is 4.79 Å². The maximum absolute atomic E-state index is 12.7. The van der Waals surface area contributed by atoms with Crippen LogP contribution in [-0.4, -0.2) is 43.1 Å². The molecule has 2 heterocycles. The number of piperidine rings is 1. The van der Waals surface area contributed by atoms with Gasteiger partial charge in [0.25, 0.3) is 0 Å². The van der Waals surface area contributed by atoms with Gasteiger partial charge >= 0.3 is 6.03 Å². The molecule has 2 aromatic carbocycles. The molecule has 28 heavy (non-hydrogen) atoms. The van der Waals surface area contributed by atoms with Crippen molar-refractivity contribution in [3.05, 3.63) is 48.5 Å². The zero-order chi connectivity index (χ0) is 19.3. The van der Waals surface area contributed by atoms with Gasteiger partial charge in [-0.25, -0.2) is 4.79 Å². The van der Waals surface area contributed by atoms with Crippen molar-refractivity contribution in [2.24, 2.45) is 5.92 Å². The summed E-state index contributed by atoms with van der Waals surface area (Å²) in [6.45, 7) is 2.07. The van der Waals surface area contributed by atoms with E-state index < -0.39 is 0 Å². The first kappa shape index (κ1) is 18.2. The fourth-order valence-corrected chi connectivity index (χ4v) is 3.47. The zero-order valence-corrected chi connectivity index (χ0v) is 15.5. The van der Waals surface area contributed by atoms with Crippen molar-refractivity contribution in [3.63, 3.8) is 0 Å². The Kier molecular flexibility index (Phi) is 5.32. The second-order valence-corrected chi connectivity index (χ2v) is 6.93. The molecule has 7 heteroatoms. The first-order valence-corrected chi connectivity index (χ1v) is 9.50. The molecule has 2 aromatic rings. The number of rotatable bonds is 3. The maximum atomic E-state index is 12.7. The van der Waals surface area contributed by atoms with Crippen LogP contribution in [0, 0.1) is 5.92 Å². The van der Waals surface area contributed by atoms with Crippen LogP contribution in [0.5, 0.6) is 11.5 Å². The number of fused-ring (bicyclic) bond motifs is 1. The second-order valence-electron chi connectivity index (χ2n) is 6.93. The molecular weight excluding hydrogens is 358 g/mol. The van der Waals surface area contributed by atoms with E-state index >= 15 is 0 Å². The summed E-state index contributed by atoms with van der Waals surface area (Å²) < 4.78 is 11.1. The smallest absolute Gasteiger partial charge is 0.321 e. The van der Waals surface area contributed by atoms with E-state index in [2.05, 4.69) is 10.6 Å². The van der Waals surface area contributed by atoms with Gasteiger partial charge < -0.3 is 25.0 Å². The average Bonchev–Trinajstić information content (AvgIpc) is 2.74. The first-order valence-electron chi connectivity index (χ1n) is 9.50. The minimum absolute atomic E-state index is 0.0890. The summed E-state index contributed by atoms with van der Waals surface area (Å²) in [5, 5.41) is 5.82. The van der Waals surface area contributed by atoms with Crippen LogP contribution in [0.25, 0.3) is 0 Å². The Morgan fingerprint density at radius 3 is 2.54 bits per heavy atom. The molecule has 2 aliphatic rings. The minimum atomic E-state index is -0.247. The van der Waals surface area contributed by atoms with Crippen molar-refractivity contribution in [1.29, 1.82) is 0 Å². The number of likely N-dealkylation sites (tertiary alicyclic amines) is 1. The lowest BCUT2D eigenvalue weighted by atomic mass is 9.97. The van der Waals surface area contributed by atoms with Crippen LogP contribution < -0.4 is 20.1 Å². The van der Waals surface area contributed by atoms with Gasteiger partial charge in [0.1, 0.15) is 13.2 Å². The molecule has 0 aromatic heterocycles. The lowest BCUT2D eigenvalue weighted by molar-refractivity contribution is -0.121. The number of ether oxygens (including phenoxy) is 2. The van der Waals surface area contributed by atoms with Crippen LogP contribution in [0.3, 0.4) is 0 Å². The van der Waals surface area contributed by atoms with Crippen LogP contribution in [0.15, 0.2) is 48.5 Å². The van der Waals surface area contributed by atoms with Crippen LogP contribution in [0.1, 0.15) is 12.8 Å². The van der Waals surface area contributed by atoms with Gasteiger partial charge in [0, 0.05) is 30.5 Å². The molecule has 0 radical (unpaired) electrons. The van der Waals surface area contributed by atoms with Crippen molar-refractivity contribution >= 4 is 23.3 Å². The van der Waals surface area contributed by atoms with Crippen molar-refractivity contribution in [1.82, 2.24) is 4.90 Å². The van der Waals surface area contributed by atoms with E-state index in [1.54, 1.807) is 23.1 Å². The monoisotopic (exact) mass is 381 g/mol. The van der Waals surface area contributed by atoms with Crippen LogP contribution in [0.4, 0.5) is 16.2 Å². The summed E-state index contributed by atoms with van der Waals surface area (Å²) >= 11 is 0. The SMILES string of the molecule is O=C(Nc1ccc2c(c1)OCCO2)C1CCCN(C(=O)Nc2ccccc2)C1. The highest BCUT2D eigenvalue weighted by Crippen LogP contribution is 2.33. The Bertz CT molecular complexity index is 856. The Morgan fingerprint density at radius 1 is 0.929 bits per heavy atom. The van der Waals surface area contributed by atoms with E-state index in [1.807, 2.05) is 30.3 Å². The standard InChI is InChI=1S/C21H23N3O4/c25-20(22-17-8-9-18-19(13-17)28-12-11-27-18)15-5-4-10-24(14-15)21(26)23-16-6-2-1-3-7-16/h1-3,6-9,13,15H,4-5,10-12,14H2,(H,22,25)(H,23,26). The molecule has 146 valence electrons. The topological polar surface area (TPSA) is 79.9 Å². The van der Waals surface area contributed by atoms with Crippen molar-refractivity contribution in [3.8, 4) is 11.5 Å². The van der Waals surface area contributed by atoms with Gasteiger partial charge in [0.2, 0.25) is 5.91 Å². The molecule has 0 saturated carbocycles. The second kappa shape index (κ2) is 8.21. The predicted octanol–water partition coefficient (Wildman–Crippen LogP) is 3.34. The molecule has 1 fully saturated rings. The summed E-state index contributed by atoms with van der Waals surface area (Å²) in [5.74, 6) is 0.986. The Hall–Kier alpha value is -3.22. The van der Waals surface area contributed by atoms with Gasteiger partial charge in [0.05, 0.1) is 5.92 Å². The third kappa shape index (κ3) is 4.19. The zero-order valence-electron chi connectivity index (χ0n) is 15.5. The number of para-hydroxylation sites is 1. The van der Waals surface area contributed by atoms with Crippen molar-refractivity contribution < 1.29 is 19.1 Å². The highest BCUT2D eigenvalue weighted by atomic mass is 16.6. The van der Waals surface area contributed by atoms with Gasteiger partial charge in [-0.15, -0.1) is 0 Å². The lowest BCUT2D eigenvalue weighted by Crippen LogP contribution is -2.45. The van der Waals surface area contributed by atoms with Crippen LogP contribution in [-0.2, 0) is 4.79 Å². The molecule has 2 N–H and O–H groups in total. The van der Waals surface area contributed by atoms with Crippen molar-refractivity contribution in [2.45, 2.75) is 12.8 Å². The first-order chi connectivity index (χ1) is 13.7. The molecule has 0 aliphatic carbocycles. The van der Waals surface area contributed by atoms with Crippen LogP contribution in [0.2, 0.25) is 0 Å². The van der Waals surface area contributed by atoms with E-state index in [0.717, 1.165) is 18.5 Å². The van der Waals surface area contributed by atoms with E-state index in [1.165, 1.54) is 0 Å². The predicted molar refractivity (Wildman–Crippen MR) is 106 cm³/mol. The van der Waals surface area contributed by atoms with Gasteiger partial charge in [-0.05, 0) is 37.1 Å². The number of nitrogens with zero attached hydrogens (tertiary/aromatic N) is 1. The number of carbonyl (C=O) groups excluding carboxylic acids is 2. The van der Waals surface area contributed by atoms with E-state index in [0.29, 0.717) is 43.5 Å². The molecule has 3 amide bonds. The number of urea groups is 1. The third-order valence-corrected chi connectivity index (χ3v) is 4.91. The van der Waals surface area contributed by atoms with Gasteiger partial charge in [0.15, 0.2) is 11.5 Å². The summed E-state index contributed by atoms with van der Waals surface area (Å²) in [4.78, 5) is 26.9. The fraction of sp³-hybridized carbons (Fsp3) is 0.333. The Balaban J connectivity index is 1.36. The quantitative estimate of drug-likeness (QED) is 0.855. The summed E-state index contributed by atoms with van der Waals surface area (Å²) in [5.41, 5.74) is 1.41. The summed E-state index contributed by atoms with van der Waals surface area (Å²) in [7, 11) is 0. The lowest BCUT2D eigenvalue weighted by Gasteiger charge is -2.32. The number of hydrogen-bond donors (Lipinski definition) is 2. The van der Waals surface area contributed by atoms with Gasteiger partial charge in [-0.2, -0.15) is 0 Å². The molecule has 4 rings (SSSR count). The molecule has 1 unspecified atom stereocenters. The molecule has 1 atom stereocenters. The van der Waals surface area contributed by atoms with E-state index in [4.69, 9.17) is 9.47 Å². The van der Waals surface area contributed by atoms with Crippen molar-refractivity contribution in [2.75, 3.05) is 36.9 Å². The normalized spacial score (nSPS) is 18.3. The van der Waals surface area contributed by atoms with E-state index in [9.17, 15) is 9.59 Å². The number of amides is 3. The third-order valence-electron chi connectivity index (χ3n) is 4.91. The molecular formula is C21H23N3O4. The number of anilines is 2. The maximum Gasteiger partial charge on any atom is 0.321 e. The fourth-order valence-electron chi connectivity index (χ4n) is 3.47. The molecule has 2 aliphatic heterocycles. The number of nitrogens with one attached hydrogen (secondary N) is 2.